The van der Waals surface area contributed by atoms with E-state index in [1.807, 2.05) is 42.7 Å². The molecule has 11 heteroatoms. The first kappa shape index (κ1) is 33.3. The van der Waals surface area contributed by atoms with Crippen LogP contribution in [-0.4, -0.2) is 59.0 Å². The zero-order valence-corrected chi connectivity index (χ0v) is 28.6. The lowest BCUT2D eigenvalue weighted by molar-refractivity contribution is -0.710. The van der Waals surface area contributed by atoms with Crippen molar-refractivity contribution in [3.63, 3.8) is 0 Å². The summed E-state index contributed by atoms with van der Waals surface area (Å²) in [6, 6.07) is 17.9. The Morgan fingerprint density at radius 1 is 0.902 bits per heavy atom. The Kier molecular flexibility index (Phi) is 9.18. The van der Waals surface area contributed by atoms with Crippen LogP contribution in [0.1, 0.15) is 38.8 Å². The van der Waals surface area contributed by atoms with Crippen LogP contribution in [-0.2, 0) is 0 Å². The molecule has 2 saturated heterocycles. The molecule has 0 aliphatic carbocycles. The van der Waals surface area contributed by atoms with Crippen LogP contribution in [0.25, 0.3) is 44.3 Å². The van der Waals surface area contributed by atoms with E-state index in [4.69, 9.17) is 9.47 Å². The monoisotopic (exact) mass is 693 g/mol. The molecule has 51 heavy (non-hydrogen) atoms. The zero-order chi connectivity index (χ0) is 35.0. The molecule has 264 valence electrons. The maximum Gasteiger partial charge on any atom is 0.292 e. The number of aromatic nitrogens is 4. The molecule has 0 amide bonds. The van der Waals surface area contributed by atoms with Gasteiger partial charge in [-0.15, -0.1) is 0 Å². The number of benzene rings is 2. The summed E-state index contributed by atoms with van der Waals surface area (Å²) in [5.74, 6) is 0.484. The first-order valence-corrected chi connectivity index (χ1v) is 17.8. The smallest absolute Gasteiger partial charge is 0.292 e. The van der Waals surface area contributed by atoms with Gasteiger partial charge in [-0.1, -0.05) is 30.3 Å². The minimum atomic E-state index is -0.641. The van der Waals surface area contributed by atoms with Gasteiger partial charge in [-0.05, 0) is 74.5 Å². The number of piperidine rings is 2. The number of hydrogen-bond donors (Lipinski definition) is 5. The summed E-state index contributed by atoms with van der Waals surface area (Å²) in [6.45, 7) is 4.59. The molecular formula is C40H43F2N6O3+. The van der Waals surface area contributed by atoms with Crippen molar-refractivity contribution in [2.24, 2.45) is 11.3 Å². The van der Waals surface area contributed by atoms with Crippen LogP contribution in [0.2, 0.25) is 0 Å². The Bertz CT molecular complexity index is 2130. The van der Waals surface area contributed by atoms with E-state index in [0.29, 0.717) is 67.2 Å². The summed E-state index contributed by atoms with van der Waals surface area (Å²) in [7, 11) is 0. The van der Waals surface area contributed by atoms with Crippen LogP contribution >= 0.6 is 0 Å². The van der Waals surface area contributed by atoms with Crippen molar-refractivity contribution in [3.8, 4) is 33.8 Å². The topological polar surface area (TPSA) is 111 Å². The molecule has 0 radical (unpaired) electrons. The molecule has 2 aliphatic rings. The number of hydrogen-bond acceptors (Lipinski definition) is 6. The Hall–Kier alpha value is -4.84. The predicted octanol–water partition coefficient (Wildman–Crippen LogP) is 6.65. The standard InChI is InChI=1S/C40H42F2N6O3/c1-25-15-26(7-11-43-25)22-50-34-9-14-48(39-37(34)32(21-47-39)28-16-29(41)18-30(42)17-28)35-19-40(23-49,10-13-44-35)24-51-33-8-12-45-38-36(33)31(20-46-38)27-5-3-2-4-6-27/h2-6,8-9,12,14,16-18,20-21,25-26,35,43-44,49H,7,10-11,13,15,19,22-24H2,1H3,(H,45,46)/p+1. The van der Waals surface area contributed by atoms with E-state index in [0.717, 1.165) is 58.6 Å². The van der Waals surface area contributed by atoms with E-state index < -0.39 is 17.0 Å². The Labute approximate surface area is 295 Å². The van der Waals surface area contributed by atoms with Crippen LogP contribution in [0.15, 0.2) is 85.5 Å². The van der Waals surface area contributed by atoms with E-state index in [1.54, 1.807) is 12.4 Å². The molecule has 5 N–H and O–H groups in total. The summed E-state index contributed by atoms with van der Waals surface area (Å²) in [5.41, 5.74) is 4.10. The second-order valence-electron chi connectivity index (χ2n) is 14.2. The van der Waals surface area contributed by atoms with E-state index in [1.165, 1.54) is 12.1 Å². The Morgan fingerprint density at radius 3 is 2.49 bits per heavy atom. The molecule has 4 aromatic heterocycles. The third kappa shape index (κ3) is 6.69. The number of H-pyrrole nitrogens is 2. The molecule has 8 rings (SSSR count). The first-order chi connectivity index (χ1) is 24.9. The largest absolute Gasteiger partial charge is 0.492 e. The zero-order valence-electron chi connectivity index (χ0n) is 28.6. The predicted molar refractivity (Wildman–Crippen MR) is 192 cm³/mol. The second-order valence-corrected chi connectivity index (χ2v) is 14.2. The normalized spacial score (nSPS) is 22.4. The fourth-order valence-electron chi connectivity index (χ4n) is 7.91. The summed E-state index contributed by atoms with van der Waals surface area (Å²) >= 11 is 0. The van der Waals surface area contributed by atoms with Crippen molar-refractivity contribution >= 4 is 22.1 Å². The number of aromatic amines is 2. The van der Waals surface area contributed by atoms with Gasteiger partial charge in [0.15, 0.2) is 6.17 Å². The van der Waals surface area contributed by atoms with Crippen LogP contribution in [0.4, 0.5) is 8.78 Å². The van der Waals surface area contributed by atoms with Crippen molar-refractivity contribution in [2.75, 3.05) is 32.9 Å². The van der Waals surface area contributed by atoms with Gasteiger partial charge in [-0.2, -0.15) is 0 Å². The highest BCUT2D eigenvalue weighted by molar-refractivity contribution is 5.98. The Balaban J connectivity index is 1.10. The van der Waals surface area contributed by atoms with Gasteiger partial charge in [0.25, 0.3) is 5.65 Å². The number of ether oxygens (including phenoxy) is 2. The molecule has 0 saturated carbocycles. The first-order valence-electron chi connectivity index (χ1n) is 17.8. The number of halogens is 2. The minimum absolute atomic E-state index is 0.0593. The van der Waals surface area contributed by atoms with Crippen LogP contribution < -0.4 is 24.7 Å². The van der Waals surface area contributed by atoms with Gasteiger partial charge in [0.1, 0.15) is 34.2 Å². The van der Waals surface area contributed by atoms with Gasteiger partial charge in [-0.25, -0.2) is 23.3 Å². The highest BCUT2D eigenvalue weighted by atomic mass is 19.1. The molecule has 6 aromatic rings. The average Bonchev–Trinajstić information content (AvgIpc) is 3.79. The van der Waals surface area contributed by atoms with Gasteiger partial charge < -0.3 is 24.9 Å². The van der Waals surface area contributed by atoms with Gasteiger partial charge in [0.05, 0.1) is 37.6 Å². The quantitative estimate of drug-likeness (QED) is 0.103. The molecule has 6 heterocycles. The van der Waals surface area contributed by atoms with Gasteiger partial charge in [-0.3, -0.25) is 5.32 Å². The SMILES string of the molecule is CC1CC(COc2cc[n+](C3CC(CO)(COc4ccnc5[nH]cc(-c6ccccc6)c45)CCN3)c3[nH]cc(-c4cc(F)cc(F)c4)c23)CCN1. The molecule has 9 nitrogen and oxygen atoms in total. The van der Waals surface area contributed by atoms with Crippen molar-refractivity contribution in [1.29, 1.82) is 0 Å². The van der Waals surface area contributed by atoms with Crippen molar-refractivity contribution < 1.29 is 27.9 Å². The minimum Gasteiger partial charge on any atom is -0.492 e. The highest BCUT2D eigenvalue weighted by Gasteiger charge is 2.40. The summed E-state index contributed by atoms with van der Waals surface area (Å²) in [6.07, 6.45) is 10.6. The Morgan fingerprint density at radius 2 is 1.69 bits per heavy atom. The number of aliphatic hydroxyl groups is 1. The van der Waals surface area contributed by atoms with E-state index >= 15 is 0 Å². The lowest BCUT2D eigenvalue weighted by Gasteiger charge is -2.39. The number of nitrogens with zero attached hydrogens (tertiary/aromatic N) is 2. The molecule has 0 bridgehead atoms. The maximum atomic E-state index is 14.5. The summed E-state index contributed by atoms with van der Waals surface area (Å²) in [4.78, 5) is 11.2. The maximum absolute atomic E-state index is 14.5. The molecule has 2 aliphatic heterocycles. The van der Waals surface area contributed by atoms with Gasteiger partial charge in [0, 0.05) is 53.5 Å². The molecule has 2 aromatic carbocycles. The molecule has 4 atom stereocenters. The van der Waals surface area contributed by atoms with Crippen LogP contribution in [0, 0.1) is 23.0 Å². The third-order valence-electron chi connectivity index (χ3n) is 10.6. The lowest BCUT2D eigenvalue weighted by Crippen LogP contribution is -2.56. The van der Waals surface area contributed by atoms with Crippen molar-refractivity contribution in [3.05, 3.63) is 97.1 Å². The summed E-state index contributed by atoms with van der Waals surface area (Å²) < 4.78 is 44.1. The van der Waals surface area contributed by atoms with E-state index in [2.05, 4.69) is 49.2 Å². The van der Waals surface area contributed by atoms with Gasteiger partial charge >= 0.3 is 0 Å². The van der Waals surface area contributed by atoms with Gasteiger partial charge in [0.2, 0.25) is 0 Å². The number of aliphatic hydroxyl groups excluding tert-OH is 1. The molecule has 0 spiro atoms. The fourth-order valence-corrected chi connectivity index (χ4v) is 7.91. The number of nitrogens with one attached hydrogen (secondary N) is 4. The average molecular weight is 694 g/mol. The van der Waals surface area contributed by atoms with Crippen LogP contribution in [0.3, 0.4) is 0 Å². The third-order valence-corrected chi connectivity index (χ3v) is 10.6. The number of fused-ring (bicyclic) bond motifs is 2. The highest BCUT2D eigenvalue weighted by Crippen LogP contribution is 2.40. The second kappa shape index (κ2) is 14.1. The number of rotatable bonds is 10. The summed E-state index contributed by atoms with van der Waals surface area (Å²) in [5, 5.41) is 19.7. The van der Waals surface area contributed by atoms with Crippen molar-refractivity contribution in [1.82, 2.24) is 25.6 Å². The van der Waals surface area contributed by atoms with E-state index in [9.17, 15) is 13.9 Å². The fraction of sp³-hybridized carbons (Fsp3) is 0.350. The molecule has 4 unspecified atom stereocenters. The number of pyridine rings is 2. The molecule has 2 fully saturated rings. The molecular weight excluding hydrogens is 650 g/mol. The van der Waals surface area contributed by atoms with E-state index in [-0.39, 0.29) is 12.8 Å². The van der Waals surface area contributed by atoms with Crippen LogP contribution in [0.5, 0.6) is 11.5 Å². The van der Waals surface area contributed by atoms with Crippen molar-refractivity contribution in [2.45, 2.75) is 44.8 Å². The lowest BCUT2D eigenvalue weighted by atomic mass is 9.79.